The van der Waals surface area contributed by atoms with Crippen LogP contribution in [0.4, 0.5) is 4.79 Å². The highest BCUT2D eigenvalue weighted by atomic mass is 16.6. The third kappa shape index (κ3) is 2.84. The summed E-state index contributed by atoms with van der Waals surface area (Å²) >= 11 is 0. The number of hydrogen-bond acceptors (Lipinski definition) is 4. The van der Waals surface area contributed by atoms with Crippen LogP contribution in [0.25, 0.3) is 0 Å². The monoisotopic (exact) mass is 348 g/mol. The van der Waals surface area contributed by atoms with Crippen LogP contribution in [0, 0.1) is 11.3 Å². The molecule has 0 aromatic heterocycles. The molecule has 2 saturated carbocycles. The maximum atomic E-state index is 12.4. The first kappa shape index (κ1) is 16.9. The summed E-state index contributed by atoms with van der Waals surface area (Å²) in [6, 6.07) is 0.264. The first-order chi connectivity index (χ1) is 11.8. The molecule has 0 unspecified atom stereocenters. The van der Waals surface area contributed by atoms with Gasteiger partial charge in [-0.2, -0.15) is 0 Å². The summed E-state index contributed by atoms with van der Waals surface area (Å²) in [6.45, 7) is 7.34. The van der Waals surface area contributed by atoms with Crippen molar-refractivity contribution >= 4 is 12.0 Å². The van der Waals surface area contributed by atoms with E-state index in [0.717, 1.165) is 18.6 Å². The van der Waals surface area contributed by atoms with Crippen molar-refractivity contribution in [2.75, 3.05) is 19.7 Å². The SMILES string of the molecule is CC(C)(C)OC(=O)N1CC(=CC(=O)N[C@@H]2[C@H]3CCO[C@@H]3C23CCC3)C1. The Kier molecular flexibility index (Phi) is 3.87. The first-order valence-corrected chi connectivity index (χ1v) is 9.38. The van der Waals surface area contributed by atoms with Gasteiger partial charge in [0.1, 0.15) is 5.60 Å². The van der Waals surface area contributed by atoms with E-state index in [1.165, 1.54) is 19.3 Å². The van der Waals surface area contributed by atoms with Crippen molar-refractivity contribution in [2.45, 2.75) is 64.2 Å². The van der Waals surface area contributed by atoms with Gasteiger partial charge in [0.05, 0.1) is 6.10 Å². The topological polar surface area (TPSA) is 67.9 Å². The zero-order chi connectivity index (χ0) is 17.8. The van der Waals surface area contributed by atoms with E-state index in [-0.39, 0.29) is 23.5 Å². The fourth-order valence-electron chi connectivity index (χ4n) is 4.83. The van der Waals surface area contributed by atoms with Crippen LogP contribution in [0.15, 0.2) is 11.6 Å². The Labute approximate surface area is 148 Å². The molecule has 2 saturated heterocycles. The summed E-state index contributed by atoms with van der Waals surface area (Å²) in [6.07, 6.45) is 6.35. The lowest BCUT2D eigenvalue weighted by Gasteiger charge is -2.63. The number of nitrogens with one attached hydrogen (secondary N) is 1. The molecule has 6 heteroatoms. The average molecular weight is 348 g/mol. The number of likely N-dealkylation sites (tertiary alicyclic amines) is 1. The van der Waals surface area contributed by atoms with Crippen molar-refractivity contribution in [1.29, 1.82) is 0 Å². The number of fused-ring (bicyclic) bond motifs is 2. The molecule has 4 aliphatic rings. The Morgan fingerprint density at radius 1 is 1.32 bits per heavy atom. The van der Waals surface area contributed by atoms with Gasteiger partial charge in [0.15, 0.2) is 0 Å². The number of ether oxygens (including phenoxy) is 2. The van der Waals surface area contributed by atoms with E-state index in [1.807, 2.05) is 20.8 Å². The number of rotatable bonds is 2. The van der Waals surface area contributed by atoms with E-state index in [0.29, 0.717) is 25.1 Å². The Morgan fingerprint density at radius 2 is 2.04 bits per heavy atom. The van der Waals surface area contributed by atoms with Gasteiger partial charge in [0.2, 0.25) is 5.91 Å². The second-order valence-corrected chi connectivity index (χ2v) is 8.96. The van der Waals surface area contributed by atoms with Crippen LogP contribution in [0.1, 0.15) is 46.5 Å². The van der Waals surface area contributed by atoms with Crippen molar-refractivity contribution in [2.24, 2.45) is 11.3 Å². The first-order valence-electron chi connectivity index (χ1n) is 9.38. The van der Waals surface area contributed by atoms with E-state index in [4.69, 9.17) is 9.47 Å². The van der Waals surface area contributed by atoms with Gasteiger partial charge in [-0.3, -0.25) is 4.79 Å². The number of amides is 2. The maximum Gasteiger partial charge on any atom is 0.410 e. The highest BCUT2D eigenvalue weighted by Crippen LogP contribution is 2.62. The van der Waals surface area contributed by atoms with Gasteiger partial charge in [-0.1, -0.05) is 6.42 Å². The van der Waals surface area contributed by atoms with Crippen LogP contribution in [-0.4, -0.2) is 54.3 Å². The summed E-state index contributed by atoms with van der Waals surface area (Å²) in [5, 5.41) is 3.23. The summed E-state index contributed by atoms with van der Waals surface area (Å²) in [4.78, 5) is 25.9. The van der Waals surface area contributed by atoms with Gasteiger partial charge in [-0.05, 0) is 45.6 Å². The van der Waals surface area contributed by atoms with Crippen LogP contribution >= 0.6 is 0 Å². The second kappa shape index (κ2) is 5.73. The predicted molar refractivity (Wildman–Crippen MR) is 92.0 cm³/mol. The van der Waals surface area contributed by atoms with Crippen molar-refractivity contribution < 1.29 is 19.1 Å². The standard InChI is InChI=1S/C19H28N2O4/c1-18(2,3)25-17(23)21-10-12(11-21)9-14(22)20-15-13-5-8-24-16(13)19(15)6-4-7-19/h9,13,15-16H,4-8,10-11H2,1-3H3,(H,20,22)/t13-,15-,16+/m1/s1. The Balaban J connectivity index is 1.29. The smallest absolute Gasteiger partial charge is 0.410 e. The van der Waals surface area contributed by atoms with Crippen molar-refractivity contribution in [3.63, 3.8) is 0 Å². The van der Waals surface area contributed by atoms with E-state index in [2.05, 4.69) is 5.32 Å². The highest BCUT2D eigenvalue weighted by Gasteiger charge is 2.66. The molecule has 4 rings (SSSR count). The summed E-state index contributed by atoms with van der Waals surface area (Å²) < 4.78 is 11.2. The molecule has 2 amide bonds. The molecule has 0 aromatic rings. The molecule has 3 atom stereocenters. The molecular formula is C19H28N2O4. The fraction of sp³-hybridized carbons (Fsp3) is 0.789. The van der Waals surface area contributed by atoms with Gasteiger partial charge in [-0.15, -0.1) is 0 Å². The summed E-state index contributed by atoms with van der Waals surface area (Å²) in [5.74, 6) is 0.461. The minimum Gasteiger partial charge on any atom is -0.444 e. The van der Waals surface area contributed by atoms with Crippen LogP contribution in [-0.2, 0) is 14.3 Å². The minimum absolute atomic E-state index is 0.0273. The molecule has 4 fully saturated rings. The quantitative estimate of drug-likeness (QED) is 0.777. The van der Waals surface area contributed by atoms with Gasteiger partial charge in [-0.25, -0.2) is 4.79 Å². The zero-order valence-electron chi connectivity index (χ0n) is 15.3. The maximum absolute atomic E-state index is 12.4. The van der Waals surface area contributed by atoms with Gasteiger partial charge < -0.3 is 19.7 Å². The number of hydrogen-bond donors (Lipinski definition) is 1. The van der Waals surface area contributed by atoms with Crippen molar-refractivity contribution in [3.8, 4) is 0 Å². The molecule has 138 valence electrons. The zero-order valence-corrected chi connectivity index (χ0v) is 15.3. The van der Waals surface area contributed by atoms with Gasteiger partial charge >= 0.3 is 6.09 Å². The number of nitrogens with zero attached hydrogens (tertiary/aromatic N) is 1. The molecule has 1 N–H and O–H groups in total. The van der Waals surface area contributed by atoms with Gasteiger partial charge in [0, 0.05) is 43.1 Å². The average Bonchev–Trinajstić information content (AvgIpc) is 2.81. The Bertz CT molecular complexity index is 609. The normalized spacial score (nSPS) is 32.2. The molecule has 6 nitrogen and oxygen atoms in total. The highest BCUT2D eigenvalue weighted by molar-refractivity contribution is 5.89. The number of carbonyl (C=O) groups is 2. The second-order valence-electron chi connectivity index (χ2n) is 8.96. The lowest BCUT2D eigenvalue weighted by molar-refractivity contribution is -0.178. The third-order valence-electron chi connectivity index (χ3n) is 6.11. The molecule has 0 bridgehead atoms. The lowest BCUT2D eigenvalue weighted by Crippen LogP contribution is -2.71. The third-order valence-corrected chi connectivity index (χ3v) is 6.11. The van der Waals surface area contributed by atoms with Crippen LogP contribution in [0.5, 0.6) is 0 Å². The van der Waals surface area contributed by atoms with Crippen molar-refractivity contribution in [1.82, 2.24) is 10.2 Å². The molecule has 25 heavy (non-hydrogen) atoms. The molecule has 0 aromatic carbocycles. The van der Waals surface area contributed by atoms with E-state index in [9.17, 15) is 9.59 Å². The van der Waals surface area contributed by atoms with Crippen LogP contribution in [0.2, 0.25) is 0 Å². The molecule has 2 aliphatic carbocycles. The summed E-state index contributed by atoms with van der Waals surface area (Å²) in [5.41, 5.74) is 0.691. The molecule has 2 heterocycles. The molecule has 1 spiro atoms. The minimum atomic E-state index is -0.491. The van der Waals surface area contributed by atoms with Crippen LogP contribution in [0.3, 0.4) is 0 Å². The Morgan fingerprint density at radius 3 is 2.64 bits per heavy atom. The van der Waals surface area contributed by atoms with Crippen LogP contribution < -0.4 is 5.32 Å². The Hall–Kier alpha value is -1.56. The largest absolute Gasteiger partial charge is 0.444 e. The molecule has 0 radical (unpaired) electrons. The van der Waals surface area contributed by atoms with Crippen molar-refractivity contribution in [3.05, 3.63) is 11.6 Å². The van der Waals surface area contributed by atoms with E-state index >= 15 is 0 Å². The van der Waals surface area contributed by atoms with E-state index < -0.39 is 5.60 Å². The number of carbonyl (C=O) groups excluding carboxylic acids is 2. The summed E-state index contributed by atoms with van der Waals surface area (Å²) in [7, 11) is 0. The lowest BCUT2D eigenvalue weighted by atomic mass is 9.46. The fourth-order valence-corrected chi connectivity index (χ4v) is 4.83. The molecule has 2 aliphatic heterocycles. The van der Waals surface area contributed by atoms with E-state index in [1.54, 1.807) is 11.0 Å². The molecular weight excluding hydrogens is 320 g/mol. The predicted octanol–water partition coefficient (Wildman–Crippen LogP) is 2.24. The van der Waals surface area contributed by atoms with Gasteiger partial charge in [0.25, 0.3) is 0 Å².